The summed E-state index contributed by atoms with van der Waals surface area (Å²) >= 11 is 0. The lowest BCUT2D eigenvalue weighted by Gasteiger charge is -2.07. The Bertz CT molecular complexity index is 303. The van der Waals surface area contributed by atoms with Gasteiger partial charge in [-0.2, -0.15) is 4.98 Å². The summed E-state index contributed by atoms with van der Waals surface area (Å²) in [6, 6.07) is 1.61. The Labute approximate surface area is 80.8 Å². The van der Waals surface area contributed by atoms with Crippen LogP contribution in [0.3, 0.4) is 0 Å². The third-order valence-corrected chi connectivity index (χ3v) is 1.52. The molecule has 2 N–H and O–H groups in total. The van der Waals surface area contributed by atoms with Crippen molar-refractivity contribution in [1.29, 1.82) is 0 Å². The molecule has 1 aromatic heterocycles. The van der Waals surface area contributed by atoms with Crippen LogP contribution in [0.2, 0.25) is 0 Å². The monoisotopic (exact) mass is 202 g/mol. The van der Waals surface area contributed by atoms with Crippen molar-refractivity contribution in [3.05, 3.63) is 11.8 Å². The zero-order chi connectivity index (χ0) is 10.6. The molecule has 0 aliphatic carbocycles. The molecule has 0 spiro atoms. The zero-order valence-corrected chi connectivity index (χ0v) is 8.01. The van der Waals surface area contributed by atoms with Gasteiger partial charge in [0.25, 0.3) is 6.43 Å². The van der Waals surface area contributed by atoms with Crippen LogP contribution in [0, 0.1) is 6.92 Å². The fourth-order valence-corrected chi connectivity index (χ4v) is 0.953. The summed E-state index contributed by atoms with van der Waals surface area (Å²) in [7, 11) is 1.67. The fourth-order valence-electron chi connectivity index (χ4n) is 0.953. The van der Waals surface area contributed by atoms with Crippen LogP contribution in [0.15, 0.2) is 6.07 Å². The summed E-state index contributed by atoms with van der Waals surface area (Å²) in [4.78, 5) is 7.99. The molecule has 0 radical (unpaired) electrons. The molecule has 0 fully saturated rings. The van der Waals surface area contributed by atoms with Crippen LogP contribution in [0.5, 0.6) is 0 Å². The molecule has 0 amide bonds. The van der Waals surface area contributed by atoms with E-state index in [1.165, 1.54) is 0 Å². The van der Waals surface area contributed by atoms with E-state index in [1.807, 2.05) is 0 Å². The molecule has 6 heteroatoms. The van der Waals surface area contributed by atoms with Crippen LogP contribution < -0.4 is 10.6 Å². The van der Waals surface area contributed by atoms with E-state index >= 15 is 0 Å². The van der Waals surface area contributed by atoms with Gasteiger partial charge in [0.05, 0.1) is 6.54 Å². The van der Waals surface area contributed by atoms with E-state index in [2.05, 4.69) is 20.6 Å². The first-order valence-electron chi connectivity index (χ1n) is 4.17. The Morgan fingerprint density at radius 1 is 1.43 bits per heavy atom. The summed E-state index contributed by atoms with van der Waals surface area (Å²) in [6.45, 7) is 1.37. The molecule has 4 nitrogen and oxygen atoms in total. The maximum atomic E-state index is 11.9. The minimum absolute atomic E-state index is 0.403. The minimum Gasteiger partial charge on any atom is -0.364 e. The predicted octanol–water partition coefficient (Wildman–Crippen LogP) is 1.50. The van der Waals surface area contributed by atoms with Crippen LogP contribution in [-0.4, -0.2) is 30.0 Å². The number of anilines is 2. The topological polar surface area (TPSA) is 49.8 Å². The molecule has 0 saturated carbocycles. The van der Waals surface area contributed by atoms with Gasteiger partial charge >= 0.3 is 0 Å². The molecule has 1 heterocycles. The van der Waals surface area contributed by atoms with Crippen molar-refractivity contribution in [3.63, 3.8) is 0 Å². The third kappa shape index (κ3) is 3.12. The van der Waals surface area contributed by atoms with E-state index in [-0.39, 0.29) is 0 Å². The number of alkyl halides is 2. The Balaban J connectivity index is 2.71. The summed E-state index contributed by atoms with van der Waals surface area (Å²) < 4.78 is 23.8. The second kappa shape index (κ2) is 4.69. The van der Waals surface area contributed by atoms with E-state index < -0.39 is 13.0 Å². The number of hydrogen-bond acceptors (Lipinski definition) is 4. The molecule has 78 valence electrons. The Morgan fingerprint density at radius 2 is 2.14 bits per heavy atom. The van der Waals surface area contributed by atoms with Gasteiger partial charge in [-0.15, -0.1) is 0 Å². The number of aromatic nitrogens is 2. The Morgan fingerprint density at radius 3 is 2.71 bits per heavy atom. The van der Waals surface area contributed by atoms with Crippen molar-refractivity contribution in [2.45, 2.75) is 13.3 Å². The highest BCUT2D eigenvalue weighted by Crippen LogP contribution is 2.09. The molecule has 0 aromatic carbocycles. The molecule has 1 aromatic rings. The molecule has 0 saturated heterocycles. The summed E-state index contributed by atoms with van der Waals surface area (Å²) in [5.74, 6) is 0.823. The number of rotatable bonds is 4. The standard InChI is InChI=1S/C8H12F2N4/c1-5-3-7(12-4-6(9)10)14-8(11-2)13-5/h3,6H,4H2,1-2H3,(H2,11,12,13,14). The Hall–Kier alpha value is -1.46. The van der Waals surface area contributed by atoms with Gasteiger partial charge < -0.3 is 10.6 Å². The van der Waals surface area contributed by atoms with E-state index in [4.69, 9.17) is 0 Å². The van der Waals surface area contributed by atoms with E-state index in [0.29, 0.717) is 11.8 Å². The summed E-state index contributed by atoms with van der Waals surface area (Å²) in [5, 5.41) is 5.26. The second-order valence-corrected chi connectivity index (χ2v) is 2.74. The fraction of sp³-hybridized carbons (Fsp3) is 0.500. The zero-order valence-electron chi connectivity index (χ0n) is 8.01. The summed E-state index contributed by atoms with van der Waals surface area (Å²) in [6.07, 6.45) is -2.39. The highest BCUT2D eigenvalue weighted by molar-refractivity contribution is 5.41. The van der Waals surface area contributed by atoms with Crippen LogP contribution >= 0.6 is 0 Å². The molecule has 0 bridgehead atoms. The smallest absolute Gasteiger partial charge is 0.255 e. The van der Waals surface area contributed by atoms with E-state index in [9.17, 15) is 8.78 Å². The lowest BCUT2D eigenvalue weighted by atomic mass is 10.4. The normalized spacial score (nSPS) is 10.4. The maximum Gasteiger partial charge on any atom is 0.255 e. The van der Waals surface area contributed by atoms with Crippen LogP contribution in [0.25, 0.3) is 0 Å². The van der Waals surface area contributed by atoms with Crippen LogP contribution in [0.4, 0.5) is 20.5 Å². The molecular weight excluding hydrogens is 190 g/mol. The second-order valence-electron chi connectivity index (χ2n) is 2.74. The van der Waals surface area contributed by atoms with Crippen molar-refractivity contribution in [3.8, 4) is 0 Å². The van der Waals surface area contributed by atoms with Gasteiger partial charge in [0.1, 0.15) is 5.82 Å². The average Bonchev–Trinajstić information content (AvgIpc) is 2.14. The molecule has 14 heavy (non-hydrogen) atoms. The third-order valence-electron chi connectivity index (χ3n) is 1.52. The molecular formula is C8H12F2N4. The number of halogens is 2. The highest BCUT2D eigenvalue weighted by Gasteiger charge is 2.04. The van der Waals surface area contributed by atoms with Crippen molar-refractivity contribution in [2.24, 2.45) is 0 Å². The average molecular weight is 202 g/mol. The highest BCUT2D eigenvalue weighted by atomic mass is 19.3. The van der Waals surface area contributed by atoms with Crippen LogP contribution in [-0.2, 0) is 0 Å². The van der Waals surface area contributed by atoms with E-state index in [1.54, 1.807) is 20.0 Å². The lowest BCUT2D eigenvalue weighted by Crippen LogP contribution is -2.12. The number of hydrogen-bond donors (Lipinski definition) is 2. The molecule has 0 unspecified atom stereocenters. The lowest BCUT2D eigenvalue weighted by molar-refractivity contribution is 0.163. The van der Waals surface area contributed by atoms with Crippen molar-refractivity contribution < 1.29 is 8.78 Å². The van der Waals surface area contributed by atoms with Crippen molar-refractivity contribution in [2.75, 3.05) is 24.2 Å². The number of aryl methyl sites for hydroxylation is 1. The molecule has 0 atom stereocenters. The van der Waals surface area contributed by atoms with E-state index in [0.717, 1.165) is 5.69 Å². The van der Waals surface area contributed by atoms with Gasteiger partial charge in [0, 0.05) is 18.8 Å². The SMILES string of the molecule is CNc1nc(C)cc(NCC(F)F)n1. The minimum atomic E-state index is -2.39. The number of nitrogens with one attached hydrogen (secondary N) is 2. The maximum absolute atomic E-state index is 11.9. The first kappa shape index (κ1) is 10.6. The van der Waals surface area contributed by atoms with Gasteiger partial charge in [0.2, 0.25) is 5.95 Å². The van der Waals surface area contributed by atoms with Crippen molar-refractivity contribution >= 4 is 11.8 Å². The first-order valence-corrected chi connectivity index (χ1v) is 4.17. The van der Waals surface area contributed by atoms with Gasteiger partial charge in [0.15, 0.2) is 0 Å². The van der Waals surface area contributed by atoms with Gasteiger partial charge in [-0.05, 0) is 6.92 Å². The molecule has 0 aliphatic rings. The van der Waals surface area contributed by atoms with Gasteiger partial charge in [-0.1, -0.05) is 0 Å². The summed E-state index contributed by atoms with van der Waals surface area (Å²) in [5.41, 5.74) is 0.723. The van der Waals surface area contributed by atoms with Gasteiger partial charge in [-0.25, -0.2) is 13.8 Å². The molecule has 1 rings (SSSR count). The van der Waals surface area contributed by atoms with Crippen LogP contribution in [0.1, 0.15) is 5.69 Å². The Kier molecular flexibility index (Phi) is 3.55. The van der Waals surface area contributed by atoms with Gasteiger partial charge in [-0.3, -0.25) is 0 Å². The first-order chi connectivity index (χ1) is 6.61. The predicted molar refractivity (Wildman–Crippen MR) is 50.8 cm³/mol. The molecule has 0 aliphatic heterocycles. The largest absolute Gasteiger partial charge is 0.364 e. The van der Waals surface area contributed by atoms with Crippen molar-refractivity contribution in [1.82, 2.24) is 9.97 Å². The quantitative estimate of drug-likeness (QED) is 0.776. The number of nitrogens with zero attached hydrogens (tertiary/aromatic N) is 2.